The second-order valence-corrected chi connectivity index (χ2v) is 5.61. The molecule has 0 radical (unpaired) electrons. The topological polar surface area (TPSA) is 64.4 Å². The van der Waals surface area contributed by atoms with Crippen molar-refractivity contribution in [2.45, 2.75) is 31.7 Å². The van der Waals surface area contributed by atoms with Gasteiger partial charge in [-0.3, -0.25) is 4.79 Å². The standard InChI is InChI=1S/C17H19FN2O3/c18-13-5-3-12(4-6-13)15-10-19-17(23-15)8-7-16(21)20-14-2-1-9-22-11-14/h3-6,10,14H,1-2,7-9,11H2,(H,20,21). The summed E-state index contributed by atoms with van der Waals surface area (Å²) in [5.74, 6) is 0.749. The van der Waals surface area contributed by atoms with Crippen LogP contribution in [0.5, 0.6) is 0 Å². The van der Waals surface area contributed by atoms with Crippen LogP contribution in [0.15, 0.2) is 34.9 Å². The molecular weight excluding hydrogens is 299 g/mol. The van der Waals surface area contributed by atoms with E-state index in [1.54, 1.807) is 18.3 Å². The maximum absolute atomic E-state index is 12.9. The molecule has 5 nitrogen and oxygen atoms in total. The van der Waals surface area contributed by atoms with Crippen molar-refractivity contribution >= 4 is 5.91 Å². The van der Waals surface area contributed by atoms with Gasteiger partial charge in [0.1, 0.15) is 5.82 Å². The Kier molecular flexibility index (Phi) is 5.02. The van der Waals surface area contributed by atoms with Crippen LogP contribution in [0.2, 0.25) is 0 Å². The van der Waals surface area contributed by atoms with E-state index in [0.717, 1.165) is 25.0 Å². The maximum atomic E-state index is 12.9. The molecule has 0 spiro atoms. The predicted molar refractivity (Wildman–Crippen MR) is 82.2 cm³/mol. The van der Waals surface area contributed by atoms with Crippen molar-refractivity contribution in [3.8, 4) is 11.3 Å². The Morgan fingerprint density at radius 2 is 2.17 bits per heavy atom. The van der Waals surface area contributed by atoms with E-state index in [4.69, 9.17) is 9.15 Å². The van der Waals surface area contributed by atoms with Crippen LogP contribution in [-0.4, -0.2) is 30.1 Å². The number of aryl methyl sites for hydroxylation is 1. The summed E-state index contributed by atoms with van der Waals surface area (Å²) in [6.07, 6.45) is 4.28. The van der Waals surface area contributed by atoms with Crippen LogP contribution in [0.3, 0.4) is 0 Å². The molecule has 0 saturated carbocycles. The van der Waals surface area contributed by atoms with Crippen LogP contribution in [0.1, 0.15) is 25.2 Å². The molecule has 3 rings (SSSR count). The van der Waals surface area contributed by atoms with Crippen LogP contribution >= 0.6 is 0 Å². The molecule has 1 atom stereocenters. The zero-order valence-electron chi connectivity index (χ0n) is 12.8. The highest BCUT2D eigenvalue weighted by molar-refractivity contribution is 5.76. The van der Waals surface area contributed by atoms with Gasteiger partial charge in [0.15, 0.2) is 11.7 Å². The van der Waals surface area contributed by atoms with Gasteiger partial charge in [0.2, 0.25) is 5.91 Å². The second-order valence-electron chi connectivity index (χ2n) is 5.61. The van der Waals surface area contributed by atoms with Crippen molar-refractivity contribution in [2.24, 2.45) is 0 Å². The predicted octanol–water partition coefficient (Wildman–Crippen LogP) is 2.71. The highest BCUT2D eigenvalue weighted by Crippen LogP contribution is 2.21. The van der Waals surface area contributed by atoms with Gasteiger partial charge < -0.3 is 14.5 Å². The number of hydrogen-bond acceptors (Lipinski definition) is 4. The first kappa shape index (κ1) is 15.7. The fourth-order valence-electron chi connectivity index (χ4n) is 2.55. The van der Waals surface area contributed by atoms with E-state index in [2.05, 4.69) is 10.3 Å². The number of hydrogen-bond donors (Lipinski definition) is 1. The molecule has 0 bridgehead atoms. The number of nitrogens with one attached hydrogen (secondary N) is 1. The first-order valence-corrected chi connectivity index (χ1v) is 7.78. The zero-order valence-corrected chi connectivity index (χ0v) is 12.8. The van der Waals surface area contributed by atoms with Crippen LogP contribution in [0.4, 0.5) is 4.39 Å². The van der Waals surface area contributed by atoms with Gasteiger partial charge in [-0.1, -0.05) is 0 Å². The molecule has 1 fully saturated rings. The number of aromatic nitrogens is 1. The number of carbonyl (C=O) groups is 1. The molecule has 23 heavy (non-hydrogen) atoms. The first-order valence-electron chi connectivity index (χ1n) is 7.78. The molecule has 6 heteroatoms. The fraction of sp³-hybridized carbons (Fsp3) is 0.412. The number of ether oxygens (including phenoxy) is 1. The van der Waals surface area contributed by atoms with Crippen LogP contribution in [0, 0.1) is 5.82 Å². The minimum Gasteiger partial charge on any atom is -0.441 e. The molecule has 1 aromatic heterocycles. The van der Waals surface area contributed by atoms with E-state index >= 15 is 0 Å². The summed E-state index contributed by atoms with van der Waals surface area (Å²) >= 11 is 0. The summed E-state index contributed by atoms with van der Waals surface area (Å²) in [6, 6.07) is 6.12. The van der Waals surface area contributed by atoms with Crippen molar-refractivity contribution in [3.63, 3.8) is 0 Å². The molecule has 1 aliphatic heterocycles. The number of amides is 1. The first-order chi connectivity index (χ1) is 11.2. The molecule has 1 saturated heterocycles. The van der Waals surface area contributed by atoms with Crippen LogP contribution in [0.25, 0.3) is 11.3 Å². The summed E-state index contributed by atoms with van der Waals surface area (Å²) in [5.41, 5.74) is 0.758. The quantitative estimate of drug-likeness (QED) is 0.920. The van der Waals surface area contributed by atoms with Gasteiger partial charge in [-0.15, -0.1) is 0 Å². The van der Waals surface area contributed by atoms with Crippen LogP contribution in [-0.2, 0) is 16.0 Å². The average Bonchev–Trinajstić information content (AvgIpc) is 3.04. The zero-order chi connectivity index (χ0) is 16.1. The smallest absolute Gasteiger partial charge is 0.220 e. The molecular formula is C17H19FN2O3. The number of rotatable bonds is 5. The lowest BCUT2D eigenvalue weighted by molar-refractivity contribution is -0.122. The Morgan fingerprint density at radius 3 is 2.91 bits per heavy atom. The maximum Gasteiger partial charge on any atom is 0.220 e. The lowest BCUT2D eigenvalue weighted by atomic mass is 10.1. The van der Waals surface area contributed by atoms with Gasteiger partial charge in [-0.2, -0.15) is 0 Å². The van der Waals surface area contributed by atoms with E-state index in [1.165, 1.54) is 12.1 Å². The summed E-state index contributed by atoms with van der Waals surface area (Å²) in [4.78, 5) is 16.1. The fourth-order valence-corrected chi connectivity index (χ4v) is 2.55. The summed E-state index contributed by atoms with van der Waals surface area (Å²) < 4.78 is 23.9. The molecule has 1 aromatic carbocycles. The van der Waals surface area contributed by atoms with E-state index in [1.807, 2.05) is 0 Å². The summed E-state index contributed by atoms with van der Waals surface area (Å²) in [7, 11) is 0. The van der Waals surface area contributed by atoms with E-state index in [9.17, 15) is 9.18 Å². The Hall–Kier alpha value is -2.21. The van der Waals surface area contributed by atoms with E-state index < -0.39 is 0 Å². The average molecular weight is 318 g/mol. The van der Waals surface area contributed by atoms with Gasteiger partial charge in [-0.05, 0) is 37.1 Å². The lowest BCUT2D eigenvalue weighted by Crippen LogP contribution is -2.40. The molecule has 1 unspecified atom stereocenters. The van der Waals surface area contributed by atoms with Crippen molar-refractivity contribution in [1.29, 1.82) is 0 Å². The van der Waals surface area contributed by atoms with Gasteiger partial charge in [0.25, 0.3) is 0 Å². The molecule has 122 valence electrons. The van der Waals surface area contributed by atoms with E-state index in [0.29, 0.717) is 31.1 Å². The third-order valence-electron chi connectivity index (χ3n) is 3.77. The van der Waals surface area contributed by atoms with Gasteiger partial charge in [0.05, 0.1) is 18.8 Å². The third kappa shape index (κ3) is 4.39. The minimum absolute atomic E-state index is 0.0259. The van der Waals surface area contributed by atoms with Gasteiger partial charge in [0, 0.05) is 25.0 Å². The number of halogens is 1. The summed E-state index contributed by atoms with van der Waals surface area (Å²) in [5, 5.41) is 2.96. The largest absolute Gasteiger partial charge is 0.441 e. The van der Waals surface area contributed by atoms with Crippen molar-refractivity contribution in [2.75, 3.05) is 13.2 Å². The number of benzene rings is 1. The highest BCUT2D eigenvalue weighted by Gasteiger charge is 2.16. The van der Waals surface area contributed by atoms with Gasteiger partial charge >= 0.3 is 0 Å². The molecule has 1 N–H and O–H groups in total. The van der Waals surface area contributed by atoms with Crippen LogP contribution < -0.4 is 5.32 Å². The Balaban J connectivity index is 1.50. The molecule has 0 aliphatic carbocycles. The number of oxazole rings is 1. The molecule has 2 aromatic rings. The third-order valence-corrected chi connectivity index (χ3v) is 3.77. The second kappa shape index (κ2) is 7.37. The SMILES string of the molecule is O=C(CCc1ncc(-c2ccc(F)cc2)o1)NC1CCCOC1. The minimum atomic E-state index is -0.295. The highest BCUT2D eigenvalue weighted by atomic mass is 19.1. The Morgan fingerprint density at radius 1 is 1.35 bits per heavy atom. The van der Waals surface area contributed by atoms with Crippen molar-refractivity contribution in [1.82, 2.24) is 10.3 Å². The number of carbonyl (C=O) groups excluding carboxylic acids is 1. The van der Waals surface area contributed by atoms with Gasteiger partial charge in [-0.25, -0.2) is 9.37 Å². The normalized spacial score (nSPS) is 17.9. The lowest BCUT2D eigenvalue weighted by Gasteiger charge is -2.22. The summed E-state index contributed by atoms with van der Waals surface area (Å²) in [6.45, 7) is 1.36. The molecule has 1 amide bonds. The Bertz CT molecular complexity index is 648. The molecule has 1 aliphatic rings. The number of nitrogens with zero attached hydrogens (tertiary/aromatic N) is 1. The van der Waals surface area contributed by atoms with E-state index in [-0.39, 0.29) is 17.8 Å². The Labute approximate surface area is 133 Å². The van der Waals surface area contributed by atoms with Crippen molar-refractivity contribution in [3.05, 3.63) is 42.2 Å². The molecule has 2 heterocycles. The monoisotopic (exact) mass is 318 g/mol. The van der Waals surface area contributed by atoms with Crippen molar-refractivity contribution < 1.29 is 18.3 Å².